The number of aliphatic hydroxyl groups excluding tert-OH is 1. The maximum Gasteiger partial charge on any atom is 0.326 e. The molecule has 6 atom stereocenters. The van der Waals surface area contributed by atoms with E-state index in [0.717, 1.165) is 0 Å². The van der Waals surface area contributed by atoms with Crippen molar-refractivity contribution >= 4 is 53.2 Å². The molecule has 0 aliphatic rings. The molecule has 13 N–H and O–H groups in total. The van der Waals surface area contributed by atoms with E-state index in [-0.39, 0.29) is 25.7 Å². The smallest absolute Gasteiger partial charge is 0.326 e. The van der Waals surface area contributed by atoms with Crippen LogP contribution in [0.4, 0.5) is 0 Å². The molecule has 0 bridgehead atoms. The van der Waals surface area contributed by atoms with Gasteiger partial charge in [0.1, 0.15) is 36.3 Å². The van der Waals surface area contributed by atoms with Crippen LogP contribution in [0.2, 0.25) is 0 Å². The first kappa shape index (κ1) is 47.7. The fourth-order valence-electron chi connectivity index (χ4n) is 5.38. The van der Waals surface area contributed by atoms with Gasteiger partial charge in [0.2, 0.25) is 47.3 Å². The second kappa shape index (κ2) is 24.3. The molecule has 316 valence electrons. The number of carbonyl (C=O) groups is 9. The van der Waals surface area contributed by atoms with Crippen molar-refractivity contribution in [1.82, 2.24) is 37.2 Å². The lowest BCUT2D eigenvalue weighted by atomic mass is 10.0. The van der Waals surface area contributed by atoms with Crippen LogP contribution in [0.1, 0.15) is 44.7 Å². The maximum atomic E-state index is 13.8. The summed E-state index contributed by atoms with van der Waals surface area (Å²) in [5.74, 6) is -8.53. The van der Waals surface area contributed by atoms with Gasteiger partial charge >= 0.3 is 5.97 Å². The average molecular weight is 812 g/mol. The minimum Gasteiger partial charge on any atom is -0.480 e. The quantitative estimate of drug-likeness (QED) is 0.0492. The summed E-state index contributed by atoms with van der Waals surface area (Å²) in [6.45, 7) is 2.60. The van der Waals surface area contributed by atoms with Crippen LogP contribution < -0.4 is 48.7 Å². The Hall–Kier alpha value is -6.41. The van der Waals surface area contributed by atoms with E-state index in [4.69, 9.17) is 11.5 Å². The Balaban J connectivity index is 2.19. The molecule has 58 heavy (non-hydrogen) atoms. The van der Waals surface area contributed by atoms with Crippen molar-refractivity contribution in [2.75, 3.05) is 19.7 Å². The van der Waals surface area contributed by atoms with Crippen LogP contribution in [0, 0.1) is 5.92 Å². The fraction of sp³-hybridized carbons (Fsp3) is 0.447. The average Bonchev–Trinajstić information content (AvgIpc) is 3.19. The summed E-state index contributed by atoms with van der Waals surface area (Å²) in [5.41, 5.74) is 11.9. The Bertz CT molecular complexity index is 1750. The molecule has 0 saturated heterocycles. The van der Waals surface area contributed by atoms with Crippen LogP contribution in [0.25, 0.3) is 0 Å². The lowest BCUT2D eigenvalue weighted by molar-refractivity contribution is -0.141. The van der Waals surface area contributed by atoms with Gasteiger partial charge < -0.3 is 58.9 Å². The highest BCUT2D eigenvalue weighted by molar-refractivity contribution is 5.97. The molecule has 0 spiro atoms. The summed E-state index contributed by atoms with van der Waals surface area (Å²) in [5, 5.41) is 36.1. The normalized spacial score (nSPS) is 13.9. The van der Waals surface area contributed by atoms with Crippen LogP contribution in [0.5, 0.6) is 0 Å². The zero-order valence-corrected chi connectivity index (χ0v) is 32.5. The second-order valence-corrected chi connectivity index (χ2v) is 13.7. The molecule has 2 aromatic rings. The highest BCUT2D eigenvalue weighted by atomic mass is 16.4. The van der Waals surface area contributed by atoms with Gasteiger partial charge in [-0.15, -0.1) is 0 Å². The number of carboxylic acids is 1. The number of primary amides is 1. The van der Waals surface area contributed by atoms with Crippen molar-refractivity contribution in [3.05, 3.63) is 71.8 Å². The Morgan fingerprint density at radius 2 is 1.10 bits per heavy atom. The highest BCUT2D eigenvalue weighted by Gasteiger charge is 2.33. The van der Waals surface area contributed by atoms with E-state index in [1.54, 1.807) is 74.5 Å². The van der Waals surface area contributed by atoms with E-state index in [1.807, 2.05) is 0 Å². The van der Waals surface area contributed by atoms with E-state index in [2.05, 4.69) is 37.2 Å². The number of carboxylic acid groups (broad SMARTS) is 1. The van der Waals surface area contributed by atoms with Crippen LogP contribution in [-0.4, -0.2) is 119 Å². The van der Waals surface area contributed by atoms with Gasteiger partial charge in [0, 0.05) is 19.3 Å². The largest absolute Gasteiger partial charge is 0.480 e. The number of hydrogen-bond acceptors (Lipinski definition) is 11. The molecule has 0 fully saturated rings. The Kier molecular flexibility index (Phi) is 20.0. The highest BCUT2D eigenvalue weighted by Crippen LogP contribution is 2.09. The molecule has 0 heterocycles. The maximum absolute atomic E-state index is 13.8. The second-order valence-electron chi connectivity index (χ2n) is 13.7. The Morgan fingerprint density at radius 1 is 0.603 bits per heavy atom. The molecule has 2 rings (SSSR count). The van der Waals surface area contributed by atoms with Crippen molar-refractivity contribution < 1.29 is 53.4 Å². The molecule has 8 amide bonds. The minimum absolute atomic E-state index is 0.000339. The van der Waals surface area contributed by atoms with Crippen LogP contribution >= 0.6 is 0 Å². The van der Waals surface area contributed by atoms with E-state index >= 15 is 0 Å². The number of aliphatic carboxylic acids is 1. The van der Waals surface area contributed by atoms with Gasteiger partial charge in [0.25, 0.3) is 0 Å². The molecule has 0 radical (unpaired) electrons. The number of amides is 8. The van der Waals surface area contributed by atoms with Gasteiger partial charge in [-0.05, 0) is 30.4 Å². The molecule has 2 aromatic carbocycles. The lowest BCUT2D eigenvalue weighted by Gasteiger charge is -2.28. The van der Waals surface area contributed by atoms with Crippen molar-refractivity contribution in [2.24, 2.45) is 17.4 Å². The molecule has 0 aromatic heterocycles. The molecule has 20 nitrogen and oxygen atoms in total. The molecule has 0 aliphatic carbocycles. The standard InChI is InChI=1S/C38H53N9O11/c1-21(2)32(47-36(55)28(20-48)44-30(50)18-39)37(56)45-25(14-15-29(40)49)34(53)46-26(16-23-10-6-4-7-11-23)35(54)42-22(3)33(52)41-19-31(51)43-27(38(57)58)17-24-12-8-5-9-13-24/h4-13,21-22,25-28,32,48H,14-20,39H2,1-3H3,(H2,40,49)(H,41,52)(H,42,54)(H,43,51)(H,44,50)(H,45,56)(H,46,53)(H,47,55)(H,57,58)/t22-,25-,26-,27-,28-,32-/m0/s1. The molecule has 0 unspecified atom stereocenters. The van der Waals surface area contributed by atoms with Gasteiger partial charge in [-0.2, -0.15) is 0 Å². The third-order valence-electron chi connectivity index (χ3n) is 8.59. The van der Waals surface area contributed by atoms with Gasteiger partial charge in [0.05, 0.1) is 19.7 Å². The van der Waals surface area contributed by atoms with Gasteiger partial charge in [-0.3, -0.25) is 38.4 Å². The summed E-state index contributed by atoms with van der Waals surface area (Å²) in [6.07, 6.45) is -0.771. The number of benzene rings is 2. The third kappa shape index (κ3) is 16.8. The van der Waals surface area contributed by atoms with E-state index in [0.29, 0.717) is 11.1 Å². The van der Waals surface area contributed by atoms with Crippen LogP contribution in [0.15, 0.2) is 60.7 Å². The summed E-state index contributed by atoms with van der Waals surface area (Å²) < 4.78 is 0. The van der Waals surface area contributed by atoms with Crippen molar-refractivity contribution in [3.63, 3.8) is 0 Å². The monoisotopic (exact) mass is 811 g/mol. The zero-order valence-electron chi connectivity index (χ0n) is 32.5. The van der Waals surface area contributed by atoms with Crippen molar-refractivity contribution in [2.45, 2.75) is 82.7 Å². The van der Waals surface area contributed by atoms with Crippen molar-refractivity contribution in [3.8, 4) is 0 Å². The Labute approximate surface area is 335 Å². The molecule has 0 saturated carbocycles. The number of rotatable bonds is 24. The number of nitrogens with two attached hydrogens (primary N) is 2. The van der Waals surface area contributed by atoms with Crippen molar-refractivity contribution in [1.29, 1.82) is 0 Å². The van der Waals surface area contributed by atoms with Gasteiger partial charge in [-0.25, -0.2) is 4.79 Å². The van der Waals surface area contributed by atoms with Gasteiger partial charge in [0.15, 0.2) is 0 Å². The number of nitrogens with one attached hydrogen (secondary N) is 7. The Morgan fingerprint density at radius 3 is 1.60 bits per heavy atom. The lowest BCUT2D eigenvalue weighted by Crippen LogP contribution is -2.60. The minimum atomic E-state index is -1.47. The molecule has 0 aliphatic heterocycles. The predicted molar refractivity (Wildman–Crippen MR) is 208 cm³/mol. The first-order chi connectivity index (χ1) is 27.4. The molecular weight excluding hydrogens is 758 g/mol. The summed E-state index contributed by atoms with van der Waals surface area (Å²) in [7, 11) is 0. The number of aliphatic hydroxyl groups is 1. The van der Waals surface area contributed by atoms with Crippen LogP contribution in [-0.2, 0) is 56.0 Å². The summed E-state index contributed by atoms with van der Waals surface area (Å²) in [4.78, 5) is 114. The zero-order chi connectivity index (χ0) is 43.4. The summed E-state index contributed by atoms with van der Waals surface area (Å²) in [6, 6.07) is 9.01. The molecule has 20 heteroatoms. The topological polar surface area (TPSA) is 330 Å². The number of carbonyl (C=O) groups excluding carboxylic acids is 8. The van der Waals surface area contributed by atoms with E-state index in [1.165, 1.54) is 6.92 Å². The summed E-state index contributed by atoms with van der Waals surface area (Å²) >= 11 is 0. The fourth-order valence-corrected chi connectivity index (χ4v) is 5.38. The van der Waals surface area contributed by atoms with E-state index in [9.17, 15) is 53.4 Å². The van der Waals surface area contributed by atoms with E-state index < -0.39 is 115 Å². The number of hydrogen-bond donors (Lipinski definition) is 11. The predicted octanol–water partition coefficient (Wildman–Crippen LogP) is -3.53. The third-order valence-corrected chi connectivity index (χ3v) is 8.59. The molecular formula is C38H53N9O11. The van der Waals surface area contributed by atoms with Gasteiger partial charge in [-0.1, -0.05) is 74.5 Å². The van der Waals surface area contributed by atoms with Crippen LogP contribution in [0.3, 0.4) is 0 Å². The SMILES string of the molecule is CC(C)[C@H](NC(=O)[C@H](CO)NC(=O)CN)C(=O)N[C@@H](CCC(N)=O)C(=O)N[C@@H](Cc1ccccc1)C(=O)N[C@@H](C)C(=O)NCC(=O)N[C@@H](Cc1ccccc1)C(=O)O. The first-order valence-electron chi connectivity index (χ1n) is 18.4. The first-order valence-corrected chi connectivity index (χ1v) is 18.4.